The highest BCUT2D eigenvalue weighted by Crippen LogP contribution is 2.23. The van der Waals surface area contributed by atoms with Crippen LogP contribution in [-0.4, -0.2) is 27.7 Å². The van der Waals surface area contributed by atoms with Crippen molar-refractivity contribution in [2.24, 2.45) is 0 Å². The second-order valence-electron chi connectivity index (χ2n) is 5.46. The highest BCUT2D eigenvalue weighted by Gasteiger charge is 2.23. The first-order valence-electron chi connectivity index (χ1n) is 6.29. The SMILES string of the molecule is CC#Cc1cc(C(=O)OC)cc2nnc(C(C)(C)C)n12. The van der Waals surface area contributed by atoms with Gasteiger partial charge in [-0.15, -0.1) is 10.2 Å². The van der Waals surface area contributed by atoms with Gasteiger partial charge in [0.1, 0.15) is 11.5 Å². The van der Waals surface area contributed by atoms with Gasteiger partial charge in [-0.1, -0.05) is 26.7 Å². The first kappa shape index (κ1) is 14.1. The molecule has 2 rings (SSSR count). The van der Waals surface area contributed by atoms with Crippen molar-refractivity contribution in [1.82, 2.24) is 14.6 Å². The molecule has 0 aliphatic heterocycles. The van der Waals surface area contributed by atoms with Crippen molar-refractivity contribution in [2.75, 3.05) is 7.11 Å². The standard InChI is InChI=1S/C15H17N3O2/c1-6-7-11-8-10(13(19)20-5)9-12-16-17-14(18(11)12)15(2,3)4/h8-9H,1-5H3. The molecule has 0 aliphatic rings. The number of fused-ring (bicyclic) bond motifs is 1. The summed E-state index contributed by atoms with van der Waals surface area (Å²) in [5.74, 6) is 6.24. The van der Waals surface area contributed by atoms with E-state index in [0.29, 0.717) is 16.9 Å². The van der Waals surface area contributed by atoms with Gasteiger partial charge < -0.3 is 4.74 Å². The van der Waals surface area contributed by atoms with Gasteiger partial charge in [0, 0.05) is 5.41 Å². The minimum Gasteiger partial charge on any atom is -0.465 e. The lowest BCUT2D eigenvalue weighted by molar-refractivity contribution is 0.0600. The van der Waals surface area contributed by atoms with Crippen LogP contribution in [0.1, 0.15) is 49.6 Å². The number of hydrogen-bond donors (Lipinski definition) is 0. The molecular weight excluding hydrogens is 254 g/mol. The van der Waals surface area contributed by atoms with Crippen LogP contribution in [0.3, 0.4) is 0 Å². The zero-order chi connectivity index (χ0) is 14.9. The Morgan fingerprint density at radius 1 is 1.30 bits per heavy atom. The summed E-state index contributed by atoms with van der Waals surface area (Å²) in [6.45, 7) is 7.92. The van der Waals surface area contributed by atoms with E-state index in [2.05, 4.69) is 42.8 Å². The van der Waals surface area contributed by atoms with Crippen LogP contribution in [0.2, 0.25) is 0 Å². The van der Waals surface area contributed by atoms with E-state index in [-0.39, 0.29) is 5.41 Å². The molecule has 0 unspecified atom stereocenters. The Morgan fingerprint density at radius 3 is 2.55 bits per heavy atom. The van der Waals surface area contributed by atoms with E-state index < -0.39 is 5.97 Å². The molecule has 2 heterocycles. The molecule has 20 heavy (non-hydrogen) atoms. The molecule has 0 fully saturated rings. The van der Waals surface area contributed by atoms with Crippen LogP contribution in [0.4, 0.5) is 0 Å². The predicted octanol–water partition coefficient (Wildman–Crippen LogP) is 2.18. The topological polar surface area (TPSA) is 56.5 Å². The minimum atomic E-state index is -0.410. The molecule has 2 aromatic heterocycles. The average molecular weight is 271 g/mol. The molecule has 104 valence electrons. The molecule has 0 spiro atoms. The van der Waals surface area contributed by atoms with Gasteiger partial charge in [0.25, 0.3) is 0 Å². The van der Waals surface area contributed by atoms with Gasteiger partial charge in [0.2, 0.25) is 0 Å². The molecule has 5 nitrogen and oxygen atoms in total. The van der Waals surface area contributed by atoms with Crippen molar-refractivity contribution >= 4 is 11.6 Å². The van der Waals surface area contributed by atoms with Gasteiger partial charge in [-0.3, -0.25) is 4.40 Å². The van der Waals surface area contributed by atoms with Crippen LogP contribution in [-0.2, 0) is 10.2 Å². The summed E-state index contributed by atoms with van der Waals surface area (Å²) in [4.78, 5) is 11.7. The molecule has 5 heteroatoms. The lowest BCUT2D eigenvalue weighted by atomic mass is 9.95. The first-order valence-corrected chi connectivity index (χ1v) is 6.29. The Bertz CT molecular complexity index is 727. The van der Waals surface area contributed by atoms with Crippen molar-refractivity contribution in [3.63, 3.8) is 0 Å². The summed E-state index contributed by atoms with van der Waals surface area (Å²) in [5.41, 5.74) is 1.53. The molecule has 0 saturated heterocycles. The summed E-state index contributed by atoms with van der Waals surface area (Å²) in [6.07, 6.45) is 0. The number of methoxy groups -OCH3 is 1. The molecule has 0 aliphatic carbocycles. The summed E-state index contributed by atoms with van der Waals surface area (Å²) >= 11 is 0. The maximum atomic E-state index is 11.7. The fourth-order valence-corrected chi connectivity index (χ4v) is 1.96. The normalized spacial score (nSPS) is 11.1. The smallest absolute Gasteiger partial charge is 0.338 e. The van der Waals surface area contributed by atoms with Crippen molar-refractivity contribution in [3.8, 4) is 11.8 Å². The van der Waals surface area contributed by atoms with E-state index in [1.54, 1.807) is 19.1 Å². The largest absolute Gasteiger partial charge is 0.465 e. The highest BCUT2D eigenvalue weighted by molar-refractivity contribution is 5.90. The fourth-order valence-electron chi connectivity index (χ4n) is 1.96. The van der Waals surface area contributed by atoms with E-state index in [0.717, 1.165) is 5.82 Å². The number of hydrogen-bond acceptors (Lipinski definition) is 4. The van der Waals surface area contributed by atoms with Crippen LogP contribution < -0.4 is 0 Å². The predicted molar refractivity (Wildman–Crippen MR) is 75.6 cm³/mol. The molecule has 2 aromatic rings. The fraction of sp³-hybridized carbons (Fsp3) is 0.400. The van der Waals surface area contributed by atoms with Crippen LogP contribution >= 0.6 is 0 Å². The van der Waals surface area contributed by atoms with Gasteiger partial charge in [-0.05, 0) is 25.0 Å². The molecule has 0 N–H and O–H groups in total. The highest BCUT2D eigenvalue weighted by atomic mass is 16.5. The van der Waals surface area contributed by atoms with Crippen LogP contribution in [0, 0.1) is 11.8 Å². The summed E-state index contributed by atoms with van der Waals surface area (Å²) in [5, 5.41) is 8.37. The summed E-state index contributed by atoms with van der Waals surface area (Å²) in [6, 6.07) is 3.36. The molecule has 0 atom stereocenters. The number of pyridine rings is 1. The first-order chi connectivity index (χ1) is 9.38. The van der Waals surface area contributed by atoms with Crippen LogP contribution in [0.15, 0.2) is 12.1 Å². The molecule has 0 saturated carbocycles. The van der Waals surface area contributed by atoms with Crippen molar-refractivity contribution in [3.05, 3.63) is 29.2 Å². The molecule has 0 radical (unpaired) electrons. The number of nitrogens with zero attached hydrogens (tertiary/aromatic N) is 3. The minimum absolute atomic E-state index is 0.170. The zero-order valence-corrected chi connectivity index (χ0v) is 12.3. The van der Waals surface area contributed by atoms with E-state index in [1.165, 1.54) is 7.11 Å². The summed E-state index contributed by atoms with van der Waals surface area (Å²) in [7, 11) is 1.35. The lowest BCUT2D eigenvalue weighted by Crippen LogP contribution is -2.17. The van der Waals surface area contributed by atoms with Crippen molar-refractivity contribution < 1.29 is 9.53 Å². The molecular formula is C15H17N3O2. The quantitative estimate of drug-likeness (QED) is 0.589. The van der Waals surface area contributed by atoms with E-state index >= 15 is 0 Å². The Labute approximate surface area is 118 Å². The monoisotopic (exact) mass is 271 g/mol. The van der Waals surface area contributed by atoms with Gasteiger partial charge in [-0.25, -0.2) is 4.79 Å². The number of ether oxygens (including phenoxy) is 1. The number of rotatable bonds is 1. The Balaban J connectivity index is 2.80. The number of esters is 1. The number of carbonyl (C=O) groups excluding carboxylic acids is 1. The van der Waals surface area contributed by atoms with Crippen molar-refractivity contribution in [1.29, 1.82) is 0 Å². The van der Waals surface area contributed by atoms with Gasteiger partial charge in [-0.2, -0.15) is 0 Å². The van der Waals surface area contributed by atoms with E-state index in [4.69, 9.17) is 4.74 Å². The maximum absolute atomic E-state index is 11.7. The Kier molecular flexibility index (Phi) is 3.49. The molecule has 0 bridgehead atoms. The second kappa shape index (κ2) is 4.97. The van der Waals surface area contributed by atoms with Crippen LogP contribution in [0.5, 0.6) is 0 Å². The van der Waals surface area contributed by atoms with E-state index in [9.17, 15) is 4.79 Å². The average Bonchev–Trinajstić information content (AvgIpc) is 2.82. The van der Waals surface area contributed by atoms with Crippen molar-refractivity contribution in [2.45, 2.75) is 33.1 Å². The lowest BCUT2D eigenvalue weighted by Gasteiger charge is -2.16. The Hall–Kier alpha value is -2.35. The number of aromatic nitrogens is 3. The number of carbonyl (C=O) groups is 1. The zero-order valence-electron chi connectivity index (χ0n) is 12.3. The second-order valence-corrected chi connectivity index (χ2v) is 5.46. The van der Waals surface area contributed by atoms with Crippen LogP contribution in [0.25, 0.3) is 5.65 Å². The van der Waals surface area contributed by atoms with Gasteiger partial charge in [0.05, 0.1) is 12.7 Å². The third-order valence-electron chi connectivity index (χ3n) is 2.85. The maximum Gasteiger partial charge on any atom is 0.338 e. The molecule has 0 amide bonds. The van der Waals surface area contributed by atoms with Gasteiger partial charge >= 0.3 is 5.97 Å². The third-order valence-corrected chi connectivity index (χ3v) is 2.85. The van der Waals surface area contributed by atoms with E-state index in [1.807, 2.05) is 4.40 Å². The molecule has 0 aromatic carbocycles. The Morgan fingerprint density at radius 2 is 2.00 bits per heavy atom. The summed E-state index contributed by atoms with van der Waals surface area (Å²) < 4.78 is 6.63. The van der Waals surface area contributed by atoms with Gasteiger partial charge in [0.15, 0.2) is 5.65 Å². The third kappa shape index (κ3) is 2.37.